The van der Waals surface area contributed by atoms with Crippen molar-refractivity contribution in [2.24, 2.45) is 0 Å². The van der Waals surface area contributed by atoms with Crippen molar-refractivity contribution >= 4 is 6.09 Å². The van der Waals surface area contributed by atoms with Gasteiger partial charge in [-0.05, 0) is 37.1 Å². The third-order valence-corrected chi connectivity index (χ3v) is 5.21. The van der Waals surface area contributed by atoms with Gasteiger partial charge in [-0.2, -0.15) is 0 Å². The fourth-order valence-corrected chi connectivity index (χ4v) is 3.71. The van der Waals surface area contributed by atoms with Gasteiger partial charge in [-0.15, -0.1) is 10.2 Å². The largest absolute Gasteiger partial charge is 0.496 e. The lowest BCUT2D eigenvalue weighted by Crippen LogP contribution is -2.36. The van der Waals surface area contributed by atoms with E-state index in [1.54, 1.807) is 37.7 Å². The molecular formula is C22H24N4O4. The molecule has 1 aliphatic carbocycles. The van der Waals surface area contributed by atoms with E-state index in [1.807, 2.05) is 6.07 Å². The maximum absolute atomic E-state index is 12.4. The number of amides is 1. The normalized spacial score (nSPS) is 14.7. The van der Waals surface area contributed by atoms with Gasteiger partial charge in [0.25, 0.3) is 0 Å². The summed E-state index contributed by atoms with van der Waals surface area (Å²) < 4.78 is 16.3. The second-order valence-corrected chi connectivity index (χ2v) is 7.29. The average Bonchev–Trinajstić information content (AvgIpc) is 3.19. The molecule has 0 unspecified atom stereocenters. The van der Waals surface area contributed by atoms with Gasteiger partial charge < -0.3 is 19.2 Å². The van der Waals surface area contributed by atoms with Crippen LogP contribution in [0.15, 0.2) is 47.5 Å². The van der Waals surface area contributed by atoms with E-state index >= 15 is 0 Å². The molecule has 1 fully saturated rings. The lowest BCUT2D eigenvalue weighted by molar-refractivity contribution is 0.194. The summed E-state index contributed by atoms with van der Waals surface area (Å²) in [5.41, 5.74) is 2.20. The second-order valence-electron chi connectivity index (χ2n) is 7.29. The van der Waals surface area contributed by atoms with Gasteiger partial charge in [-0.3, -0.25) is 4.98 Å². The monoisotopic (exact) mass is 408 g/mol. The highest BCUT2D eigenvalue weighted by atomic mass is 16.6. The van der Waals surface area contributed by atoms with Gasteiger partial charge in [0.1, 0.15) is 11.5 Å². The standard InChI is InChI=1S/C22H24N4O4/c1-28-20-9-8-18(30-22(27)25-17-6-4-2-3-5-7-17)11-19(20)15-10-16(13-23-12-15)21-26-24-14-29-21/h8-14,17H,2-7H2,1H3,(H,25,27). The van der Waals surface area contributed by atoms with E-state index in [-0.39, 0.29) is 6.04 Å². The number of nitrogens with one attached hydrogen (secondary N) is 1. The Morgan fingerprint density at radius 2 is 1.90 bits per heavy atom. The van der Waals surface area contributed by atoms with Crippen molar-refractivity contribution in [1.29, 1.82) is 0 Å². The Morgan fingerprint density at radius 3 is 2.63 bits per heavy atom. The molecule has 0 aliphatic heterocycles. The number of carbonyl (C=O) groups is 1. The minimum absolute atomic E-state index is 0.174. The number of hydrogen-bond donors (Lipinski definition) is 1. The van der Waals surface area contributed by atoms with Crippen molar-refractivity contribution in [3.63, 3.8) is 0 Å². The van der Waals surface area contributed by atoms with Crippen LogP contribution in [0, 0.1) is 0 Å². The predicted octanol–water partition coefficient (Wildman–Crippen LogP) is 4.62. The number of carbonyl (C=O) groups excluding carboxylic acids is 1. The Kier molecular flexibility index (Phi) is 6.22. The number of ether oxygens (including phenoxy) is 2. The number of methoxy groups -OCH3 is 1. The van der Waals surface area contributed by atoms with Crippen molar-refractivity contribution in [2.75, 3.05) is 7.11 Å². The summed E-state index contributed by atoms with van der Waals surface area (Å²) in [6.07, 6.45) is 10.9. The Labute approximate surface area is 174 Å². The molecule has 8 nitrogen and oxygen atoms in total. The zero-order valence-electron chi connectivity index (χ0n) is 16.8. The van der Waals surface area contributed by atoms with E-state index in [4.69, 9.17) is 13.9 Å². The molecule has 3 aromatic rings. The van der Waals surface area contributed by atoms with E-state index in [9.17, 15) is 4.79 Å². The van der Waals surface area contributed by atoms with Crippen LogP contribution in [0.5, 0.6) is 11.5 Å². The highest BCUT2D eigenvalue weighted by Gasteiger charge is 2.17. The summed E-state index contributed by atoms with van der Waals surface area (Å²) in [5, 5.41) is 10.6. The van der Waals surface area contributed by atoms with Gasteiger partial charge in [0.15, 0.2) is 0 Å². The molecule has 1 amide bonds. The van der Waals surface area contributed by atoms with Crippen LogP contribution >= 0.6 is 0 Å². The summed E-state index contributed by atoms with van der Waals surface area (Å²) in [6.45, 7) is 0. The fraction of sp³-hybridized carbons (Fsp3) is 0.364. The van der Waals surface area contributed by atoms with Gasteiger partial charge in [0.2, 0.25) is 12.3 Å². The lowest BCUT2D eigenvalue weighted by Gasteiger charge is -2.16. The third-order valence-electron chi connectivity index (χ3n) is 5.21. The van der Waals surface area contributed by atoms with Crippen LogP contribution in [0.3, 0.4) is 0 Å². The Balaban J connectivity index is 1.54. The Morgan fingerprint density at radius 1 is 1.10 bits per heavy atom. The number of benzene rings is 1. The number of hydrogen-bond acceptors (Lipinski definition) is 7. The zero-order valence-corrected chi connectivity index (χ0v) is 16.8. The first-order chi connectivity index (χ1) is 14.7. The van der Waals surface area contributed by atoms with E-state index in [0.717, 1.165) is 36.8 Å². The Hall–Kier alpha value is -3.42. The zero-order chi connectivity index (χ0) is 20.8. The number of aromatic nitrogens is 3. The first-order valence-electron chi connectivity index (χ1n) is 10.1. The van der Waals surface area contributed by atoms with E-state index in [1.165, 1.54) is 19.2 Å². The average molecular weight is 408 g/mol. The SMILES string of the molecule is COc1ccc(OC(=O)NC2CCCCCC2)cc1-c1cncc(-c2nnco2)c1. The smallest absolute Gasteiger partial charge is 0.412 e. The molecule has 2 heterocycles. The molecule has 0 saturated heterocycles. The van der Waals surface area contributed by atoms with Crippen molar-refractivity contribution < 1.29 is 18.7 Å². The van der Waals surface area contributed by atoms with Crippen LogP contribution in [-0.4, -0.2) is 34.4 Å². The highest BCUT2D eigenvalue weighted by molar-refractivity contribution is 5.76. The molecule has 0 spiro atoms. The van der Waals surface area contributed by atoms with Crippen molar-refractivity contribution in [2.45, 2.75) is 44.6 Å². The summed E-state index contributed by atoms with van der Waals surface area (Å²) in [4.78, 5) is 16.7. The van der Waals surface area contributed by atoms with Crippen molar-refractivity contribution in [3.8, 4) is 34.1 Å². The van der Waals surface area contributed by atoms with Crippen LogP contribution in [0.25, 0.3) is 22.6 Å². The third kappa shape index (κ3) is 4.76. The fourth-order valence-electron chi connectivity index (χ4n) is 3.71. The number of pyridine rings is 1. The maximum atomic E-state index is 12.4. The molecule has 0 atom stereocenters. The van der Waals surface area contributed by atoms with Crippen molar-refractivity contribution in [1.82, 2.24) is 20.5 Å². The van der Waals surface area contributed by atoms with Gasteiger partial charge >= 0.3 is 6.09 Å². The molecule has 8 heteroatoms. The van der Waals surface area contributed by atoms with Gasteiger partial charge in [0.05, 0.1) is 12.7 Å². The van der Waals surface area contributed by atoms with Gasteiger partial charge in [-0.25, -0.2) is 4.79 Å². The van der Waals surface area contributed by atoms with E-state index < -0.39 is 6.09 Å². The molecule has 0 radical (unpaired) electrons. The molecular weight excluding hydrogens is 384 g/mol. The van der Waals surface area contributed by atoms with E-state index in [2.05, 4.69) is 20.5 Å². The highest BCUT2D eigenvalue weighted by Crippen LogP contribution is 2.34. The summed E-state index contributed by atoms with van der Waals surface area (Å²) >= 11 is 0. The molecule has 30 heavy (non-hydrogen) atoms. The maximum Gasteiger partial charge on any atom is 0.412 e. The van der Waals surface area contributed by atoms with Crippen LogP contribution < -0.4 is 14.8 Å². The Bertz CT molecular complexity index is 983. The van der Waals surface area contributed by atoms with E-state index in [0.29, 0.717) is 23.0 Å². The van der Waals surface area contributed by atoms with Crippen LogP contribution in [0.1, 0.15) is 38.5 Å². The van der Waals surface area contributed by atoms with Gasteiger partial charge in [0, 0.05) is 29.6 Å². The van der Waals surface area contributed by atoms with Crippen LogP contribution in [0.4, 0.5) is 4.79 Å². The molecule has 0 bridgehead atoms. The lowest BCUT2D eigenvalue weighted by atomic mass is 10.0. The van der Waals surface area contributed by atoms with Crippen LogP contribution in [-0.2, 0) is 0 Å². The molecule has 1 saturated carbocycles. The quantitative estimate of drug-likeness (QED) is 0.615. The molecule has 2 aromatic heterocycles. The number of nitrogens with zero attached hydrogens (tertiary/aromatic N) is 3. The molecule has 4 rings (SSSR count). The first-order valence-corrected chi connectivity index (χ1v) is 10.1. The summed E-state index contributed by atoms with van der Waals surface area (Å²) in [7, 11) is 1.59. The minimum atomic E-state index is -0.434. The number of rotatable bonds is 5. The second kappa shape index (κ2) is 9.39. The van der Waals surface area contributed by atoms with Crippen LogP contribution in [0.2, 0.25) is 0 Å². The topological polar surface area (TPSA) is 99.4 Å². The summed E-state index contributed by atoms with van der Waals surface area (Å²) in [5.74, 6) is 1.44. The molecule has 156 valence electrons. The van der Waals surface area contributed by atoms with Crippen molar-refractivity contribution in [3.05, 3.63) is 43.1 Å². The molecule has 1 aromatic carbocycles. The minimum Gasteiger partial charge on any atom is -0.496 e. The molecule has 1 aliphatic rings. The summed E-state index contributed by atoms with van der Waals surface area (Å²) in [6, 6.07) is 7.29. The predicted molar refractivity (Wildman–Crippen MR) is 110 cm³/mol. The van der Waals surface area contributed by atoms with Gasteiger partial charge in [-0.1, -0.05) is 25.7 Å². The first kappa shape index (κ1) is 19.9. The molecule has 1 N–H and O–H groups in total.